The molecule has 0 spiro atoms. The van der Waals surface area contributed by atoms with Crippen LogP contribution in [0.4, 0.5) is 23.1 Å². The van der Waals surface area contributed by atoms with Gasteiger partial charge in [-0.15, -0.1) is 0 Å². The summed E-state index contributed by atoms with van der Waals surface area (Å²) in [5.41, 5.74) is 5.57. The molecular formula is C22H21N7. The van der Waals surface area contributed by atoms with Crippen molar-refractivity contribution < 1.29 is 0 Å². The van der Waals surface area contributed by atoms with Gasteiger partial charge in [0.1, 0.15) is 5.82 Å². The Kier molecular flexibility index (Phi) is 4.83. The first-order valence-electron chi connectivity index (χ1n) is 9.32. The molecule has 7 heteroatoms. The number of nitrogens with zero attached hydrogens (tertiary/aromatic N) is 5. The van der Waals surface area contributed by atoms with Crippen molar-refractivity contribution in [1.29, 1.82) is 5.26 Å². The fraction of sp³-hybridized carbons (Fsp3) is 0.182. The highest BCUT2D eigenvalue weighted by Crippen LogP contribution is 2.29. The maximum Gasteiger partial charge on any atom is 0.229 e. The Morgan fingerprint density at radius 1 is 1.00 bits per heavy atom. The van der Waals surface area contributed by atoms with Crippen LogP contribution in [0.5, 0.6) is 0 Å². The molecule has 2 N–H and O–H groups in total. The highest BCUT2D eigenvalue weighted by Gasteiger charge is 2.14. The number of fused-ring (bicyclic) bond motifs is 1. The number of benzene rings is 2. The van der Waals surface area contributed by atoms with Gasteiger partial charge < -0.3 is 10.6 Å². The summed E-state index contributed by atoms with van der Waals surface area (Å²) in [6.45, 7) is 3.99. The molecule has 0 aliphatic heterocycles. The van der Waals surface area contributed by atoms with Gasteiger partial charge in [0.25, 0.3) is 0 Å². The van der Waals surface area contributed by atoms with Gasteiger partial charge in [0.15, 0.2) is 0 Å². The third-order valence-electron chi connectivity index (χ3n) is 4.85. The van der Waals surface area contributed by atoms with E-state index in [1.165, 1.54) is 0 Å². The van der Waals surface area contributed by atoms with Crippen molar-refractivity contribution in [1.82, 2.24) is 19.7 Å². The predicted octanol–water partition coefficient (Wildman–Crippen LogP) is 4.53. The second kappa shape index (κ2) is 7.60. The van der Waals surface area contributed by atoms with E-state index in [1.54, 1.807) is 0 Å². The van der Waals surface area contributed by atoms with E-state index in [-0.39, 0.29) is 0 Å². The van der Waals surface area contributed by atoms with Crippen LogP contribution in [-0.4, -0.2) is 19.7 Å². The zero-order chi connectivity index (χ0) is 20.4. The topological polar surface area (TPSA) is 91.5 Å². The molecular weight excluding hydrogens is 362 g/mol. The molecule has 0 saturated heterocycles. The van der Waals surface area contributed by atoms with Crippen LogP contribution in [0.2, 0.25) is 0 Å². The molecule has 0 saturated carbocycles. The van der Waals surface area contributed by atoms with Gasteiger partial charge in [0.05, 0.1) is 35.1 Å². The minimum absolute atomic E-state index is 0.393. The lowest BCUT2D eigenvalue weighted by atomic mass is 10.1. The van der Waals surface area contributed by atoms with E-state index in [4.69, 9.17) is 10.2 Å². The summed E-state index contributed by atoms with van der Waals surface area (Å²) in [6, 6.07) is 17.7. The van der Waals surface area contributed by atoms with Gasteiger partial charge >= 0.3 is 0 Å². The second-order valence-electron chi connectivity index (χ2n) is 6.86. The standard InChI is InChI=1S/C22H21N7/c1-14-20(15(2)29(3)28-14)26-21-18-6-4-5-7-19(18)25-22(27-21)24-17-10-8-16(9-11-17)12-13-23/h4-11H,12H2,1-3H3,(H2,24,25,26,27). The summed E-state index contributed by atoms with van der Waals surface area (Å²) in [7, 11) is 1.93. The minimum atomic E-state index is 0.393. The number of hydrogen-bond donors (Lipinski definition) is 2. The molecule has 0 unspecified atom stereocenters. The molecule has 0 fully saturated rings. The van der Waals surface area contributed by atoms with Crippen molar-refractivity contribution in [2.24, 2.45) is 7.05 Å². The fourth-order valence-electron chi connectivity index (χ4n) is 3.23. The summed E-state index contributed by atoms with van der Waals surface area (Å²) in [5.74, 6) is 1.22. The van der Waals surface area contributed by atoms with Crippen LogP contribution in [-0.2, 0) is 13.5 Å². The number of nitriles is 1. The van der Waals surface area contributed by atoms with Gasteiger partial charge in [-0.2, -0.15) is 15.3 Å². The van der Waals surface area contributed by atoms with Crippen molar-refractivity contribution >= 4 is 34.0 Å². The summed E-state index contributed by atoms with van der Waals surface area (Å²) in [5, 5.41) is 20.9. The molecule has 2 aromatic heterocycles. The summed E-state index contributed by atoms with van der Waals surface area (Å²) in [6.07, 6.45) is 0.393. The average Bonchev–Trinajstić information content (AvgIpc) is 2.96. The molecule has 4 rings (SSSR count). The Morgan fingerprint density at radius 3 is 2.45 bits per heavy atom. The van der Waals surface area contributed by atoms with Crippen molar-refractivity contribution in [2.45, 2.75) is 20.3 Å². The Morgan fingerprint density at radius 2 is 1.76 bits per heavy atom. The highest BCUT2D eigenvalue weighted by atomic mass is 15.3. The fourth-order valence-corrected chi connectivity index (χ4v) is 3.23. The molecule has 0 amide bonds. The van der Waals surface area contributed by atoms with Gasteiger partial charge in [-0.3, -0.25) is 4.68 Å². The van der Waals surface area contributed by atoms with Gasteiger partial charge in [0.2, 0.25) is 5.95 Å². The first-order chi connectivity index (χ1) is 14.0. The van der Waals surface area contributed by atoms with E-state index in [1.807, 2.05) is 74.1 Å². The van der Waals surface area contributed by atoms with E-state index >= 15 is 0 Å². The second-order valence-corrected chi connectivity index (χ2v) is 6.86. The van der Waals surface area contributed by atoms with Crippen molar-refractivity contribution in [3.8, 4) is 6.07 Å². The normalized spacial score (nSPS) is 10.7. The van der Waals surface area contributed by atoms with Crippen molar-refractivity contribution in [3.63, 3.8) is 0 Å². The first-order valence-corrected chi connectivity index (χ1v) is 9.32. The van der Waals surface area contributed by atoms with Crippen LogP contribution in [0.3, 0.4) is 0 Å². The molecule has 144 valence electrons. The molecule has 2 aromatic carbocycles. The highest BCUT2D eigenvalue weighted by molar-refractivity contribution is 5.92. The summed E-state index contributed by atoms with van der Waals surface area (Å²) < 4.78 is 1.85. The zero-order valence-corrected chi connectivity index (χ0v) is 16.6. The van der Waals surface area contributed by atoms with Crippen LogP contribution in [0.25, 0.3) is 10.9 Å². The molecule has 0 atom stereocenters. The number of anilines is 4. The number of rotatable bonds is 5. The quantitative estimate of drug-likeness (QED) is 0.526. The lowest BCUT2D eigenvalue weighted by molar-refractivity contribution is 0.731. The van der Waals surface area contributed by atoms with Crippen LogP contribution >= 0.6 is 0 Å². The smallest absolute Gasteiger partial charge is 0.229 e. The van der Waals surface area contributed by atoms with Crippen LogP contribution in [0, 0.1) is 25.2 Å². The van der Waals surface area contributed by atoms with Crippen LogP contribution in [0.1, 0.15) is 17.0 Å². The monoisotopic (exact) mass is 383 g/mol. The lowest BCUT2D eigenvalue weighted by Crippen LogP contribution is -2.03. The lowest BCUT2D eigenvalue weighted by Gasteiger charge is -2.12. The van der Waals surface area contributed by atoms with E-state index in [0.717, 1.165) is 45.0 Å². The van der Waals surface area contributed by atoms with Gasteiger partial charge in [0, 0.05) is 18.1 Å². The van der Waals surface area contributed by atoms with Gasteiger partial charge in [-0.05, 0) is 43.7 Å². The first kappa shape index (κ1) is 18.4. The number of aromatic nitrogens is 4. The van der Waals surface area contributed by atoms with Gasteiger partial charge in [-0.25, -0.2) is 4.98 Å². The molecule has 7 nitrogen and oxygen atoms in total. The molecule has 0 radical (unpaired) electrons. The third-order valence-corrected chi connectivity index (χ3v) is 4.85. The van der Waals surface area contributed by atoms with E-state index in [0.29, 0.717) is 12.4 Å². The number of para-hydroxylation sites is 1. The van der Waals surface area contributed by atoms with E-state index in [2.05, 4.69) is 26.8 Å². The summed E-state index contributed by atoms with van der Waals surface area (Å²) in [4.78, 5) is 9.37. The zero-order valence-electron chi connectivity index (χ0n) is 16.6. The molecule has 2 heterocycles. The summed E-state index contributed by atoms with van der Waals surface area (Å²) >= 11 is 0. The molecule has 0 aliphatic rings. The Balaban J connectivity index is 1.71. The third kappa shape index (κ3) is 3.73. The average molecular weight is 383 g/mol. The maximum absolute atomic E-state index is 8.82. The molecule has 0 aliphatic carbocycles. The Hall–Kier alpha value is -3.92. The van der Waals surface area contributed by atoms with Gasteiger partial charge in [-0.1, -0.05) is 24.3 Å². The van der Waals surface area contributed by atoms with E-state index in [9.17, 15) is 0 Å². The SMILES string of the molecule is Cc1nn(C)c(C)c1Nc1nc(Nc2ccc(CC#N)cc2)nc2ccccc12. The maximum atomic E-state index is 8.82. The number of hydrogen-bond acceptors (Lipinski definition) is 6. The Bertz CT molecular complexity index is 1220. The molecule has 29 heavy (non-hydrogen) atoms. The van der Waals surface area contributed by atoms with Crippen molar-refractivity contribution in [3.05, 3.63) is 65.5 Å². The minimum Gasteiger partial charge on any atom is -0.337 e. The van der Waals surface area contributed by atoms with Crippen LogP contribution < -0.4 is 10.6 Å². The largest absolute Gasteiger partial charge is 0.337 e. The molecule has 0 bridgehead atoms. The predicted molar refractivity (Wildman–Crippen MR) is 115 cm³/mol. The molecule has 4 aromatic rings. The number of aryl methyl sites for hydroxylation is 2. The Labute approximate surface area is 169 Å². The number of nitrogens with one attached hydrogen (secondary N) is 2. The van der Waals surface area contributed by atoms with Crippen molar-refractivity contribution in [2.75, 3.05) is 10.6 Å². The van der Waals surface area contributed by atoms with E-state index < -0.39 is 0 Å². The van der Waals surface area contributed by atoms with Crippen LogP contribution in [0.15, 0.2) is 48.5 Å².